The SMILES string of the molecule is CCCC1O[C@@H]2C[C@H]3[C@@H]4CCC5=CC(=O)C=C[C@]5(C)[C@H]4[C@@H](O)C[C@]3(C)[C@]2(C(=O)COC(=O)[C@H](N)C(C)C)O1. The number of nitrogens with two attached hydrogens (primary N) is 1. The highest BCUT2D eigenvalue weighted by Crippen LogP contribution is 2.69. The zero-order valence-electron chi connectivity index (χ0n) is 23.3. The van der Waals surface area contributed by atoms with Crippen LogP contribution >= 0.6 is 0 Å². The van der Waals surface area contributed by atoms with E-state index in [4.69, 9.17) is 19.9 Å². The second-order valence-electron chi connectivity index (χ2n) is 12.9. The van der Waals surface area contributed by atoms with Gasteiger partial charge in [0.2, 0.25) is 5.78 Å². The molecule has 1 aliphatic heterocycles. The normalized spacial score (nSPS) is 44.1. The number of aliphatic hydroxyl groups is 1. The molecule has 0 aromatic rings. The van der Waals surface area contributed by atoms with Gasteiger partial charge < -0.3 is 25.1 Å². The van der Waals surface area contributed by atoms with Crippen LogP contribution in [0.25, 0.3) is 0 Å². The van der Waals surface area contributed by atoms with Crippen LogP contribution in [0.4, 0.5) is 0 Å². The summed E-state index contributed by atoms with van der Waals surface area (Å²) in [6.07, 6.45) is 7.78. The van der Waals surface area contributed by atoms with Crippen molar-refractivity contribution in [2.75, 3.05) is 6.61 Å². The first-order valence-electron chi connectivity index (χ1n) is 14.3. The summed E-state index contributed by atoms with van der Waals surface area (Å²) < 4.78 is 18.4. The second kappa shape index (κ2) is 9.65. The number of ether oxygens (including phenoxy) is 3. The molecule has 0 aromatic heterocycles. The first-order chi connectivity index (χ1) is 17.9. The van der Waals surface area contributed by atoms with Gasteiger partial charge in [-0.1, -0.05) is 52.7 Å². The number of hydrogen-bond acceptors (Lipinski definition) is 8. The average Bonchev–Trinajstić information content (AvgIpc) is 3.34. The molecule has 5 rings (SSSR count). The summed E-state index contributed by atoms with van der Waals surface area (Å²) in [5, 5.41) is 11.8. The van der Waals surface area contributed by atoms with E-state index in [9.17, 15) is 19.5 Å². The van der Waals surface area contributed by atoms with Gasteiger partial charge in [0.15, 0.2) is 24.3 Å². The molecule has 38 heavy (non-hydrogen) atoms. The average molecular weight is 530 g/mol. The quantitative estimate of drug-likeness (QED) is 0.482. The van der Waals surface area contributed by atoms with Crippen molar-refractivity contribution in [1.29, 1.82) is 0 Å². The number of ketones is 2. The Labute approximate surface area is 225 Å². The molecule has 4 aliphatic carbocycles. The largest absolute Gasteiger partial charge is 0.456 e. The molecule has 3 saturated carbocycles. The molecule has 0 bridgehead atoms. The molecule has 8 heteroatoms. The Hall–Kier alpha value is -1.87. The summed E-state index contributed by atoms with van der Waals surface area (Å²) in [4.78, 5) is 38.7. The Balaban J connectivity index is 1.48. The van der Waals surface area contributed by atoms with Gasteiger partial charge in [-0.15, -0.1) is 0 Å². The Kier molecular flexibility index (Phi) is 7.03. The molecular formula is C30H43NO7. The van der Waals surface area contributed by atoms with Gasteiger partial charge in [-0.2, -0.15) is 0 Å². The van der Waals surface area contributed by atoms with Gasteiger partial charge in [0.05, 0.1) is 12.2 Å². The van der Waals surface area contributed by atoms with E-state index in [1.54, 1.807) is 12.2 Å². The summed E-state index contributed by atoms with van der Waals surface area (Å²) in [6.45, 7) is 9.46. The van der Waals surface area contributed by atoms with Crippen molar-refractivity contribution >= 4 is 17.5 Å². The molecule has 5 aliphatic rings. The van der Waals surface area contributed by atoms with Gasteiger partial charge in [-0.3, -0.25) is 14.4 Å². The van der Waals surface area contributed by atoms with Gasteiger partial charge in [-0.25, -0.2) is 0 Å². The van der Waals surface area contributed by atoms with Crippen LogP contribution in [0.5, 0.6) is 0 Å². The van der Waals surface area contributed by atoms with Crippen molar-refractivity contribution in [2.24, 2.45) is 40.2 Å². The zero-order valence-corrected chi connectivity index (χ0v) is 23.3. The van der Waals surface area contributed by atoms with Gasteiger partial charge >= 0.3 is 5.97 Å². The van der Waals surface area contributed by atoms with Crippen LogP contribution in [0, 0.1) is 34.5 Å². The van der Waals surface area contributed by atoms with Crippen molar-refractivity contribution in [1.82, 2.24) is 0 Å². The van der Waals surface area contributed by atoms with Gasteiger partial charge in [0.25, 0.3) is 0 Å². The van der Waals surface area contributed by atoms with Crippen molar-refractivity contribution in [3.63, 3.8) is 0 Å². The van der Waals surface area contributed by atoms with Crippen molar-refractivity contribution in [2.45, 2.75) is 103 Å². The Bertz CT molecular complexity index is 1070. The lowest BCUT2D eigenvalue weighted by Gasteiger charge is -2.59. The molecule has 10 atom stereocenters. The number of carbonyl (C=O) groups is 3. The van der Waals surface area contributed by atoms with Gasteiger partial charge in [-0.05, 0) is 62.0 Å². The highest BCUT2D eigenvalue weighted by atomic mass is 16.7. The van der Waals surface area contributed by atoms with Crippen LogP contribution in [0.2, 0.25) is 0 Å². The van der Waals surface area contributed by atoms with Crippen molar-refractivity contribution < 1.29 is 33.7 Å². The molecule has 8 nitrogen and oxygen atoms in total. The highest BCUT2D eigenvalue weighted by molar-refractivity contribution is 6.01. The maximum Gasteiger partial charge on any atom is 0.323 e. The van der Waals surface area contributed by atoms with Crippen LogP contribution in [0.1, 0.15) is 73.1 Å². The Morgan fingerprint density at radius 3 is 2.71 bits per heavy atom. The highest BCUT2D eigenvalue weighted by Gasteiger charge is 2.75. The predicted octanol–water partition coefficient (Wildman–Crippen LogP) is 3.25. The van der Waals surface area contributed by atoms with E-state index < -0.39 is 53.5 Å². The van der Waals surface area contributed by atoms with E-state index in [0.717, 1.165) is 24.8 Å². The van der Waals surface area contributed by atoms with E-state index in [1.165, 1.54) is 0 Å². The second-order valence-corrected chi connectivity index (χ2v) is 12.9. The van der Waals surface area contributed by atoms with Crippen LogP contribution in [0.3, 0.4) is 0 Å². The minimum absolute atomic E-state index is 0.00140. The van der Waals surface area contributed by atoms with Gasteiger partial charge in [0, 0.05) is 16.7 Å². The topological polar surface area (TPSA) is 125 Å². The Morgan fingerprint density at radius 1 is 1.29 bits per heavy atom. The fraction of sp³-hybridized carbons (Fsp3) is 0.767. The molecule has 0 radical (unpaired) electrons. The lowest BCUT2D eigenvalue weighted by atomic mass is 9.46. The van der Waals surface area contributed by atoms with Crippen molar-refractivity contribution in [3.8, 4) is 0 Å². The summed E-state index contributed by atoms with van der Waals surface area (Å²) in [5.41, 5.74) is 4.64. The van der Waals surface area contributed by atoms with Crippen LogP contribution in [-0.2, 0) is 28.6 Å². The standard InChI is InChI=1S/C30H43NO7/c1-6-7-24-37-23-13-20-19-9-8-17-12-18(32)10-11-28(17,4)25(19)21(33)14-29(20,5)30(23,38-24)22(34)15-36-27(35)26(31)16(2)3/h10-12,16,19-21,23-26,33H,6-9,13-15,31H2,1-5H3/t19-,20-,21-,23+,24?,25+,26+,28-,29-,30+/m0/s1. The van der Waals surface area contributed by atoms with Crippen LogP contribution in [0.15, 0.2) is 23.8 Å². The molecule has 0 spiro atoms. The summed E-state index contributed by atoms with van der Waals surface area (Å²) in [6, 6.07) is -0.811. The predicted molar refractivity (Wildman–Crippen MR) is 140 cm³/mol. The lowest BCUT2D eigenvalue weighted by molar-refractivity contribution is -0.201. The zero-order chi connectivity index (χ0) is 27.6. The maximum atomic E-state index is 14.1. The molecule has 4 fully saturated rings. The molecule has 0 aromatic carbocycles. The third kappa shape index (κ3) is 3.89. The van der Waals surface area contributed by atoms with Crippen LogP contribution in [-0.4, -0.2) is 59.4 Å². The fourth-order valence-corrected chi connectivity index (χ4v) is 8.62. The Morgan fingerprint density at radius 2 is 2.03 bits per heavy atom. The third-order valence-corrected chi connectivity index (χ3v) is 10.6. The number of Topliss-reactive ketones (excluding diaryl/α,β-unsaturated/α-hetero) is 1. The molecular weight excluding hydrogens is 486 g/mol. The smallest absolute Gasteiger partial charge is 0.323 e. The summed E-state index contributed by atoms with van der Waals surface area (Å²) in [7, 11) is 0. The van der Waals surface area contributed by atoms with Gasteiger partial charge in [0.1, 0.15) is 6.04 Å². The lowest BCUT2D eigenvalue weighted by Crippen LogP contribution is -2.63. The number of fused-ring (bicyclic) bond motifs is 7. The van der Waals surface area contributed by atoms with E-state index in [-0.39, 0.29) is 35.2 Å². The first kappa shape index (κ1) is 27.7. The monoisotopic (exact) mass is 529 g/mol. The molecule has 1 saturated heterocycles. The van der Waals surface area contributed by atoms with Crippen molar-refractivity contribution in [3.05, 3.63) is 23.8 Å². The number of aliphatic hydroxyl groups excluding tert-OH is 1. The third-order valence-electron chi connectivity index (χ3n) is 10.6. The molecule has 3 N–H and O–H groups in total. The number of hydrogen-bond donors (Lipinski definition) is 2. The molecule has 1 heterocycles. The minimum Gasteiger partial charge on any atom is -0.456 e. The van der Waals surface area contributed by atoms with E-state index in [0.29, 0.717) is 19.3 Å². The van der Waals surface area contributed by atoms with E-state index >= 15 is 0 Å². The van der Waals surface area contributed by atoms with E-state index in [2.05, 4.69) is 13.8 Å². The first-order valence-corrected chi connectivity index (χ1v) is 14.3. The fourth-order valence-electron chi connectivity index (χ4n) is 8.62. The number of allylic oxidation sites excluding steroid dienone is 4. The van der Waals surface area contributed by atoms with E-state index in [1.807, 2.05) is 26.8 Å². The number of esters is 1. The minimum atomic E-state index is -1.30. The summed E-state index contributed by atoms with van der Waals surface area (Å²) >= 11 is 0. The number of rotatable bonds is 7. The molecule has 1 unspecified atom stereocenters. The summed E-state index contributed by atoms with van der Waals surface area (Å²) in [5.74, 6) is -0.888. The molecule has 0 amide bonds. The maximum absolute atomic E-state index is 14.1. The number of carbonyl (C=O) groups excluding carboxylic acids is 3. The van der Waals surface area contributed by atoms with Crippen LogP contribution < -0.4 is 5.73 Å². The molecule has 210 valence electrons.